The highest BCUT2D eigenvalue weighted by Gasteiger charge is 2.43. The average Bonchev–Trinajstić information content (AvgIpc) is 3.60. The molecule has 5 rings (SSSR count). The molecule has 0 saturated carbocycles. The summed E-state index contributed by atoms with van der Waals surface area (Å²) in [5.74, 6) is 0.0516. The van der Waals surface area contributed by atoms with Gasteiger partial charge >= 0.3 is 12.1 Å². The van der Waals surface area contributed by atoms with Crippen LogP contribution >= 0.6 is 0 Å². The van der Waals surface area contributed by atoms with E-state index in [0.29, 0.717) is 37.5 Å². The summed E-state index contributed by atoms with van der Waals surface area (Å²) in [5.41, 5.74) is 2.12. The summed E-state index contributed by atoms with van der Waals surface area (Å²) in [4.78, 5) is 34.0. The first-order valence-electron chi connectivity index (χ1n) is 14.5. The van der Waals surface area contributed by atoms with E-state index in [4.69, 9.17) is 9.15 Å². The normalized spacial score (nSPS) is 22.0. The molecule has 0 aliphatic carbocycles. The molecule has 0 spiro atoms. The number of ether oxygens (including phenoxy) is 1. The molecule has 43 heavy (non-hydrogen) atoms. The molecule has 230 valence electrons. The molecule has 0 radical (unpaired) electrons. The molecule has 2 aliphatic rings. The molecule has 2 aromatic heterocycles. The van der Waals surface area contributed by atoms with Gasteiger partial charge in [0, 0.05) is 43.6 Å². The number of furan rings is 1. The van der Waals surface area contributed by atoms with E-state index >= 15 is 0 Å². The SMILES string of the molecule is Cc1cc(-c2ccc(C(C)(C)N3CCN(C[C@@H]4C[C@@H](Cc5ccccc5)C(=O)O4)[C@H](C(=O)NCC(F)(F)F)C3)o2)ccn1. The zero-order chi connectivity index (χ0) is 30.8. The molecular formula is C32H37F3N4O4. The molecule has 1 amide bonds. The van der Waals surface area contributed by atoms with Crippen molar-refractivity contribution in [3.63, 3.8) is 0 Å². The van der Waals surface area contributed by atoms with Gasteiger partial charge < -0.3 is 14.5 Å². The molecule has 2 aliphatic heterocycles. The largest absolute Gasteiger partial charge is 0.461 e. The van der Waals surface area contributed by atoms with Gasteiger partial charge in [-0.15, -0.1) is 0 Å². The number of pyridine rings is 1. The van der Waals surface area contributed by atoms with Crippen LogP contribution in [0.3, 0.4) is 0 Å². The molecule has 3 aromatic rings. The number of carbonyl (C=O) groups excluding carboxylic acids is 2. The summed E-state index contributed by atoms with van der Waals surface area (Å²) in [6.07, 6.45) is -2.23. The number of aromatic nitrogens is 1. The molecule has 0 bridgehead atoms. The lowest BCUT2D eigenvalue weighted by molar-refractivity contribution is -0.148. The first kappa shape index (κ1) is 30.7. The molecule has 1 N–H and O–H groups in total. The summed E-state index contributed by atoms with van der Waals surface area (Å²) in [7, 11) is 0. The van der Waals surface area contributed by atoms with Crippen molar-refractivity contribution in [1.82, 2.24) is 20.1 Å². The molecule has 4 heterocycles. The van der Waals surface area contributed by atoms with Crippen LogP contribution in [0, 0.1) is 12.8 Å². The number of halogens is 3. The van der Waals surface area contributed by atoms with Crippen molar-refractivity contribution in [2.75, 3.05) is 32.7 Å². The number of cyclic esters (lactones) is 1. The first-order valence-corrected chi connectivity index (χ1v) is 14.5. The zero-order valence-corrected chi connectivity index (χ0v) is 24.6. The predicted molar refractivity (Wildman–Crippen MR) is 154 cm³/mol. The Bertz CT molecular complexity index is 1430. The molecule has 2 saturated heterocycles. The van der Waals surface area contributed by atoms with Gasteiger partial charge in [-0.1, -0.05) is 30.3 Å². The maximum absolute atomic E-state index is 13.2. The minimum atomic E-state index is -4.53. The highest BCUT2D eigenvalue weighted by atomic mass is 19.4. The summed E-state index contributed by atoms with van der Waals surface area (Å²) in [6, 6.07) is 16.4. The minimum Gasteiger partial charge on any atom is -0.461 e. The van der Waals surface area contributed by atoms with Crippen LogP contribution in [0.4, 0.5) is 13.2 Å². The highest BCUT2D eigenvalue weighted by Crippen LogP contribution is 2.35. The van der Waals surface area contributed by atoms with Gasteiger partial charge in [0.05, 0.1) is 11.5 Å². The molecule has 2 fully saturated rings. The van der Waals surface area contributed by atoms with Crippen molar-refractivity contribution in [3.05, 3.63) is 77.8 Å². The lowest BCUT2D eigenvalue weighted by Crippen LogP contribution is -2.63. The van der Waals surface area contributed by atoms with Crippen molar-refractivity contribution < 1.29 is 31.9 Å². The van der Waals surface area contributed by atoms with E-state index in [1.165, 1.54) is 0 Å². The fraction of sp³-hybridized carbons (Fsp3) is 0.469. The number of amides is 1. The van der Waals surface area contributed by atoms with Crippen LogP contribution in [-0.2, 0) is 26.3 Å². The van der Waals surface area contributed by atoms with Crippen LogP contribution in [0.2, 0.25) is 0 Å². The minimum absolute atomic E-state index is 0.176. The molecule has 0 unspecified atom stereocenters. The first-order chi connectivity index (χ1) is 20.4. The Morgan fingerprint density at radius 2 is 1.86 bits per heavy atom. The third-order valence-electron chi connectivity index (χ3n) is 8.36. The number of rotatable bonds is 9. The Kier molecular flexibility index (Phi) is 8.94. The van der Waals surface area contributed by atoms with Gasteiger partial charge in [-0.2, -0.15) is 13.2 Å². The fourth-order valence-corrected chi connectivity index (χ4v) is 5.94. The Morgan fingerprint density at radius 1 is 1.09 bits per heavy atom. The topological polar surface area (TPSA) is 87.9 Å². The molecule has 11 heteroatoms. The summed E-state index contributed by atoms with van der Waals surface area (Å²) in [5, 5.41) is 2.07. The highest BCUT2D eigenvalue weighted by molar-refractivity contribution is 5.82. The van der Waals surface area contributed by atoms with Crippen LogP contribution in [0.15, 0.2) is 65.2 Å². The van der Waals surface area contributed by atoms with E-state index in [1.807, 2.05) is 80.3 Å². The van der Waals surface area contributed by atoms with Crippen molar-refractivity contribution >= 4 is 11.9 Å². The third kappa shape index (κ3) is 7.45. The Balaban J connectivity index is 1.30. The Labute approximate surface area is 249 Å². The lowest BCUT2D eigenvalue weighted by Gasteiger charge is -2.46. The Hall–Kier alpha value is -3.70. The van der Waals surface area contributed by atoms with E-state index in [2.05, 4.69) is 15.2 Å². The number of nitrogens with zero attached hydrogens (tertiary/aromatic N) is 3. The summed E-state index contributed by atoms with van der Waals surface area (Å²) >= 11 is 0. The third-order valence-corrected chi connectivity index (χ3v) is 8.36. The standard InChI is InChI=1S/C32H37F3N4O4/c1-21-15-23(11-12-36-21)27-9-10-28(43-27)31(2,3)39-14-13-38(26(19-39)29(40)37-20-32(33,34)35)18-25-17-24(30(41)42-25)16-22-7-5-4-6-8-22/h4-12,15,24-26H,13-14,16-20H2,1-3H3,(H,37,40)/t24-,25+,26+/m1/s1. The van der Waals surface area contributed by atoms with Gasteiger partial charge in [-0.05, 0) is 63.4 Å². The maximum atomic E-state index is 13.2. The van der Waals surface area contributed by atoms with Gasteiger partial charge in [0.15, 0.2) is 0 Å². The molecule has 3 atom stereocenters. The number of alkyl halides is 3. The smallest absolute Gasteiger partial charge is 0.405 e. The van der Waals surface area contributed by atoms with E-state index < -0.39 is 36.3 Å². The van der Waals surface area contributed by atoms with E-state index in [9.17, 15) is 22.8 Å². The van der Waals surface area contributed by atoms with E-state index in [-0.39, 0.29) is 25.0 Å². The molecular weight excluding hydrogens is 561 g/mol. The van der Waals surface area contributed by atoms with Crippen molar-refractivity contribution in [3.8, 4) is 11.3 Å². The van der Waals surface area contributed by atoms with Crippen LogP contribution < -0.4 is 5.32 Å². The molecule has 1 aromatic carbocycles. The van der Waals surface area contributed by atoms with Crippen LogP contribution in [0.25, 0.3) is 11.3 Å². The van der Waals surface area contributed by atoms with Gasteiger partial charge in [0.2, 0.25) is 5.91 Å². The number of esters is 1. The number of benzene rings is 1. The number of hydrogen-bond donors (Lipinski definition) is 1. The number of piperazine rings is 1. The second-order valence-corrected chi connectivity index (χ2v) is 11.9. The second-order valence-electron chi connectivity index (χ2n) is 11.9. The van der Waals surface area contributed by atoms with Gasteiger partial charge in [0.1, 0.15) is 30.2 Å². The average molecular weight is 599 g/mol. The molecule has 8 nitrogen and oxygen atoms in total. The number of nitrogens with one attached hydrogen (secondary N) is 1. The number of hydrogen-bond acceptors (Lipinski definition) is 7. The van der Waals surface area contributed by atoms with Crippen molar-refractivity contribution in [2.45, 2.75) is 57.5 Å². The van der Waals surface area contributed by atoms with Crippen LogP contribution in [0.1, 0.15) is 37.3 Å². The zero-order valence-electron chi connectivity index (χ0n) is 24.6. The monoisotopic (exact) mass is 598 g/mol. The predicted octanol–water partition coefficient (Wildman–Crippen LogP) is 4.72. The lowest BCUT2D eigenvalue weighted by atomic mass is 9.94. The van der Waals surface area contributed by atoms with Crippen LogP contribution in [0.5, 0.6) is 0 Å². The van der Waals surface area contributed by atoms with E-state index in [0.717, 1.165) is 16.8 Å². The van der Waals surface area contributed by atoms with Crippen molar-refractivity contribution in [2.24, 2.45) is 5.92 Å². The van der Waals surface area contributed by atoms with Crippen molar-refractivity contribution in [1.29, 1.82) is 0 Å². The second kappa shape index (κ2) is 12.5. The van der Waals surface area contributed by atoms with Gasteiger partial charge in [-0.3, -0.25) is 24.4 Å². The maximum Gasteiger partial charge on any atom is 0.405 e. The van der Waals surface area contributed by atoms with Gasteiger partial charge in [0.25, 0.3) is 0 Å². The fourth-order valence-electron chi connectivity index (χ4n) is 5.94. The number of carbonyl (C=O) groups is 2. The Morgan fingerprint density at radius 3 is 2.58 bits per heavy atom. The van der Waals surface area contributed by atoms with Gasteiger partial charge in [-0.25, -0.2) is 0 Å². The van der Waals surface area contributed by atoms with Crippen LogP contribution in [-0.4, -0.2) is 77.7 Å². The summed E-state index contributed by atoms with van der Waals surface area (Å²) in [6.45, 7) is 5.82. The summed E-state index contributed by atoms with van der Waals surface area (Å²) < 4.78 is 51.0. The van der Waals surface area contributed by atoms with E-state index in [1.54, 1.807) is 6.20 Å². The number of aryl methyl sites for hydroxylation is 1. The quantitative estimate of drug-likeness (QED) is 0.357.